The first-order valence-corrected chi connectivity index (χ1v) is 19.5. The highest BCUT2D eigenvalue weighted by atomic mass is 19.4. The molecule has 2 N–H and O–H groups in total. The molecule has 2 aromatic carbocycles. The molecule has 0 spiro atoms. The summed E-state index contributed by atoms with van der Waals surface area (Å²) in [6.07, 6.45) is -3.56. The van der Waals surface area contributed by atoms with Gasteiger partial charge in [0.05, 0.1) is 72.6 Å². The molecule has 0 radical (unpaired) electrons. The summed E-state index contributed by atoms with van der Waals surface area (Å²) in [6, 6.07) is 21.5. The van der Waals surface area contributed by atoms with Crippen molar-refractivity contribution in [2.45, 2.75) is 31.5 Å². The third-order valence-electron chi connectivity index (χ3n) is 9.99. The summed E-state index contributed by atoms with van der Waals surface area (Å²) >= 11 is 0. The number of nitrogens with one attached hydrogen (secondary N) is 2. The molecule has 7 heterocycles. The van der Waals surface area contributed by atoms with Crippen LogP contribution in [0.2, 0.25) is 0 Å². The van der Waals surface area contributed by atoms with Crippen LogP contribution in [0.1, 0.15) is 35.1 Å². The van der Waals surface area contributed by atoms with Crippen LogP contribution in [0.4, 0.5) is 37.7 Å². The van der Waals surface area contributed by atoms with Gasteiger partial charge in [-0.05, 0) is 24.3 Å². The van der Waals surface area contributed by atoms with Gasteiger partial charge in [0.1, 0.15) is 17.7 Å². The number of halogens is 6. The van der Waals surface area contributed by atoms with Crippen molar-refractivity contribution >= 4 is 29.0 Å². The molecule has 1 fully saturated rings. The van der Waals surface area contributed by atoms with E-state index in [1.54, 1.807) is 106 Å². The zero-order valence-corrected chi connectivity index (χ0v) is 33.6. The van der Waals surface area contributed by atoms with Gasteiger partial charge in [0.15, 0.2) is 17.6 Å². The van der Waals surface area contributed by atoms with Gasteiger partial charge < -0.3 is 20.1 Å². The average molecular weight is 873 g/mol. The Balaban J connectivity index is 0.000000174. The lowest BCUT2D eigenvalue weighted by Crippen LogP contribution is -2.15. The number of carbonyl (C=O) groups is 1. The van der Waals surface area contributed by atoms with Gasteiger partial charge in [0.25, 0.3) is 0 Å². The Morgan fingerprint density at radius 2 is 1.10 bits per heavy atom. The molecule has 0 atom stereocenters. The van der Waals surface area contributed by atoms with E-state index in [-0.39, 0.29) is 19.4 Å². The maximum Gasteiger partial charge on any atom is 0.390 e. The Bertz CT molecular complexity index is 2840. The highest BCUT2D eigenvalue weighted by Crippen LogP contribution is 2.32. The van der Waals surface area contributed by atoms with Crippen molar-refractivity contribution in [2.24, 2.45) is 14.1 Å². The summed E-state index contributed by atoms with van der Waals surface area (Å²) in [4.78, 5) is 19.7. The van der Waals surface area contributed by atoms with E-state index in [4.69, 9.17) is 14.6 Å². The first-order valence-electron chi connectivity index (χ1n) is 19.5. The first-order chi connectivity index (χ1) is 30.2. The van der Waals surface area contributed by atoms with Crippen LogP contribution in [-0.4, -0.2) is 93.7 Å². The quantitative estimate of drug-likeness (QED) is 0.0902. The molecule has 0 bridgehead atoms. The van der Waals surface area contributed by atoms with Crippen molar-refractivity contribution in [2.75, 3.05) is 36.9 Å². The number of hydrogen-bond acceptors (Lipinski definition) is 11. The Labute approximate surface area is 354 Å². The van der Waals surface area contributed by atoms with E-state index in [0.717, 1.165) is 28.7 Å². The number of anilines is 2. The van der Waals surface area contributed by atoms with Gasteiger partial charge >= 0.3 is 12.4 Å². The number of benzene rings is 2. The van der Waals surface area contributed by atoms with Crippen molar-refractivity contribution in [3.05, 3.63) is 109 Å². The molecule has 0 amide bonds. The fourth-order valence-corrected chi connectivity index (χ4v) is 6.86. The standard InChI is InChI=1S/C22H21F3N6O2.C20H17F3N6O/c1-30-18(6-8-28-30)16-12-17(26-9-7-22(23,24)25)20-27-13-19(31(20)29-16)14-2-4-15(5-3-14)21-32-10-11-33-21;1-28-17(6-8-26-28)15-10-16(24-9-7-20(21,22)23)19-25-11-18(29(19)27-15)14-4-2-13(12-30)3-5-14/h2-6,8,12-13,21,26H,7,9-11H2,1H3;2-6,8,10-12,24H,7,9H2,1H3. The van der Waals surface area contributed by atoms with E-state index in [2.05, 4.69) is 35.9 Å². The smallest absolute Gasteiger partial charge is 0.382 e. The Morgan fingerprint density at radius 1 is 0.651 bits per heavy atom. The van der Waals surface area contributed by atoms with Crippen LogP contribution >= 0.6 is 0 Å². The molecule has 0 unspecified atom stereocenters. The minimum atomic E-state index is -4.26. The maximum absolute atomic E-state index is 12.7. The minimum Gasteiger partial charge on any atom is -0.382 e. The second-order valence-corrected chi connectivity index (χ2v) is 14.3. The molecular formula is C42H38F6N12O3. The number of carbonyl (C=O) groups excluding carboxylic acids is 1. The summed E-state index contributed by atoms with van der Waals surface area (Å²) in [7, 11) is 3.53. The van der Waals surface area contributed by atoms with Crippen molar-refractivity contribution in [1.29, 1.82) is 0 Å². The minimum absolute atomic E-state index is 0.272. The number of imidazole rings is 2. The molecular weight excluding hydrogens is 835 g/mol. The third kappa shape index (κ3) is 9.68. The lowest BCUT2D eigenvalue weighted by Gasteiger charge is -2.13. The van der Waals surface area contributed by atoms with E-state index in [0.29, 0.717) is 69.9 Å². The highest BCUT2D eigenvalue weighted by Gasteiger charge is 2.28. The zero-order chi connectivity index (χ0) is 44.3. The predicted octanol–water partition coefficient (Wildman–Crippen LogP) is 8.18. The lowest BCUT2D eigenvalue weighted by molar-refractivity contribution is -0.132. The van der Waals surface area contributed by atoms with Gasteiger partial charge in [0, 0.05) is 61.8 Å². The highest BCUT2D eigenvalue weighted by molar-refractivity contribution is 5.79. The molecule has 6 aromatic heterocycles. The summed E-state index contributed by atoms with van der Waals surface area (Å²) < 4.78 is 93.5. The van der Waals surface area contributed by atoms with E-state index < -0.39 is 25.2 Å². The van der Waals surface area contributed by atoms with Crippen LogP contribution in [0, 0.1) is 0 Å². The molecule has 15 nitrogen and oxygen atoms in total. The molecule has 1 aliphatic heterocycles. The van der Waals surface area contributed by atoms with Gasteiger partial charge in [-0.15, -0.1) is 0 Å². The molecule has 0 saturated carbocycles. The molecule has 8 aromatic rings. The lowest BCUT2D eigenvalue weighted by atomic mass is 10.1. The number of fused-ring (bicyclic) bond motifs is 2. The SMILES string of the molecule is Cn1nccc1-c1cc(NCCC(F)(F)F)c2ncc(-c3ccc(C4OCCO4)cc3)n2n1.Cn1nccc1-c1cc(NCCC(F)(F)F)c2ncc(-c3ccc(C=O)cc3)n2n1. The fourth-order valence-electron chi connectivity index (χ4n) is 6.86. The summed E-state index contributed by atoms with van der Waals surface area (Å²) in [5.74, 6) is 0. The molecule has 63 heavy (non-hydrogen) atoms. The zero-order valence-electron chi connectivity index (χ0n) is 33.6. The van der Waals surface area contributed by atoms with Crippen molar-refractivity contribution in [3.63, 3.8) is 0 Å². The van der Waals surface area contributed by atoms with E-state index in [1.165, 1.54) is 0 Å². The number of hydrogen-bond donors (Lipinski definition) is 2. The second-order valence-electron chi connectivity index (χ2n) is 14.3. The number of aldehydes is 1. The number of nitrogens with zero attached hydrogens (tertiary/aromatic N) is 10. The Morgan fingerprint density at radius 3 is 1.49 bits per heavy atom. The van der Waals surface area contributed by atoms with Crippen molar-refractivity contribution < 1.29 is 40.6 Å². The number of aryl methyl sites for hydroxylation is 2. The summed E-state index contributed by atoms with van der Waals surface area (Å²) in [5, 5.41) is 23.4. The predicted molar refractivity (Wildman–Crippen MR) is 220 cm³/mol. The second kappa shape index (κ2) is 17.7. The van der Waals surface area contributed by atoms with Gasteiger partial charge in [-0.25, -0.2) is 19.0 Å². The van der Waals surface area contributed by atoms with Crippen LogP contribution in [0.15, 0.2) is 97.6 Å². The van der Waals surface area contributed by atoms with E-state index in [1.807, 2.05) is 24.3 Å². The Hall–Kier alpha value is -7.13. The molecule has 1 aliphatic rings. The van der Waals surface area contributed by atoms with Crippen LogP contribution in [0.3, 0.4) is 0 Å². The number of rotatable bonds is 12. The fraction of sp³-hybridized carbons (Fsp3) is 0.262. The number of alkyl halides is 6. The van der Waals surface area contributed by atoms with Crippen molar-refractivity contribution in [1.82, 2.24) is 48.8 Å². The largest absolute Gasteiger partial charge is 0.390 e. The summed E-state index contributed by atoms with van der Waals surface area (Å²) in [6.45, 7) is 0.561. The van der Waals surface area contributed by atoms with Crippen LogP contribution in [0.25, 0.3) is 56.6 Å². The van der Waals surface area contributed by atoms with Gasteiger partial charge in [-0.2, -0.15) is 46.7 Å². The molecule has 326 valence electrons. The molecule has 9 rings (SSSR count). The summed E-state index contributed by atoms with van der Waals surface area (Å²) in [5.41, 5.74) is 8.63. The van der Waals surface area contributed by atoms with E-state index >= 15 is 0 Å². The van der Waals surface area contributed by atoms with Gasteiger partial charge in [-0.3, -0.25) is 14.2 Å². The number of aromatic nitrogens is 10. The average Bonchev–Trinajstić information content (AvgIpc) is 4.12. The Kier molecular flexibility index (Phi) is 12.0. The first kappa shape index (κ1) is 42.6. The monoisotopic (exact) mass is 872 g/mol. The topological polar surface area (TPSA) is 156 Å². The van der Waals surface area contributed by atoms with Crippen LogP contribution in [-0.2, 0) is 23.6 Å². The van der Waals surface area contributed by atoms with E-state index in [9.17, 15) is 31.1 Å². The maximum atomic E-state index is 12.7. The molecule has 0 aliphatic carbocycles. The van der Waals surface area contributed by atoms with Crippen LogP contribution < -0.4 is 10.6 Å². The van der Waals surface area contributed by atoms with Crippen LogP contribution in [0.5, 0.6) is 0 Å². The molecule has 1 saturated heterocycles. The normalized spacial score (nSPS) is 13.4. The van der Waals surface area contributed by atoms with Gasteiger partial charge in [0.2, 0.25) is 0 Å². The molecule has 21 heteroatoms. The van der Waals surface area contributed by atoms with Crippen molar-refractivity contribution in [3.8, 4) is 45.3 Å². The van der Waals surface area contributed by atoms with Gasteiger partial charge in [-0.1, -0.05) is 48.5 Å². The number of ether oxygens (including phenoxy) is 2. The third-order valence-corrected chi connectivity index (χ3v) is 9.99.